The number of ether oxygens (including phenoxy) is 1. The molecule has 0 atom stereocenters. The first kappa shape index (κ1) is 13.1. The molecule has 0 unspecified atom stereocenters. The number of aromatic nitrogens is 2. The molecule has 0 aromatic carbocycles. The minimum Gasteiger partial charge on any atom is -0.493 e. The van der Waals surface area contributed by atoms with Crippen LogP contribution in [-0.2, 0) is 0 Å². The maximum Gasteiger partial charge on any atom is 0.164 e. The van der Waals surface area contributed by atoms with E-state index in [0.29, 0.717) is 6.04 Å². The Labute approximate surface area is 109 Å². The Hall–Kier alpha value is -1.29. The second-order valence-electron chi connectivity index (χ2n) is 5.06. The van der Waals surface area contributed by atoms with E-state index < -0.39 is 0 Å². The summed E-state index contributed by atoms with van der Waals surface area (Å²) < 4.78 is 7.32. The molecule has 1 saturated carbocycles. The number of rotatable bonds is 7. The first-order valence-corrected chi connectivity index (χ1v) is 6.73. The van der Waals surface area contributed by atoms with Crippen molar-refractivity contribution in [3.63, 3.8) is 0 Å². The number of hydrogen-bond acceptors (Lipinski definition) is 3. The zero-order valence-electron chi connectivity index (χ0n) is 11.5. The molecule has 0 amide bonds. The van der Waals surface area contributed by atoms with Gasteiger partial charge in [-0.15, -0.1) is 0 Å². The Balaban J connectivity index is 1.92. The fraction of sp³-hybridized carbons (Fsp3) is 0.643. The first-order valence-electron chi connectivity index (χ1n) is 6.73. The highest BCUT2D eigenvalue weighted by Crippen LogP contribution is 2.22. The normalized spacial score (nSPS) is 15.8. The van der Waals surface area contributed by atoms with Crippen molar-refractivity contribution in [2.45, 2.75) is 45.2 Å². The fourth-order valence-electron chi connectivity index (χ4n) is 1.94. The lowest BCUT2D eigenvalue weighted by Crippen LogP contribution is -2.16. The molecule has 100 valence electrons. The average molecular weight is 249 g/mol. The van der Waals surface area contributed by atoms with Crippen LogP contribution in [0.3, 0.4) is 0 Å². The van der Waals surface area contributed by atoms with Crippen molar-refractivity contribution in [3.05, 3.63) is 18.0 Å². The summed E-state index contributed by atoms with van der Waals surface area (Å²) in [4.78, 5) is 0. The molecule has 0 spiro atoms. The summed E-state index contributed by atoms with van der Waals surface area (Å²) >= 11 is 0. The molecule has 4 heteroatoms. The van der Waals surface area contributed by atoms with Gasteiger partial charge in [0.2, 0.25) is 0 Å². The molecule has 0 radical (unpaired) electrons. The topological polar surface area (TPSA) is 39.1 Å². The predicted octanol–water partition coefficient (Wildman–Crippen LogP) is 2.63. The van der Waals surface area contributed by atoms with Crippen LogP contribution < -0.4 is 10.1 Å². The van der Waals surface area contributed by atoms with Crippen molar-refractivity contribution >= 4 is 6.08 Å². The van der Waals surface area contributed by atoms with E-state index in [4.69, 9.17) is 4.74 Å². The molecule has 1 N–H and O–H groups in total. The van der Waals surface area contributed by atoms with Crippen LogP contribution in [0.1, 0.15) is 44.8 Å². The van der Waals surface area contributed by atoms with Crippen molar-refractivity contribution in [2.75, 3.05) is 13.7 Å². The zero-order valence-corrected chi connectivity index (χ0v) is 11.5. The van der Waals surface area contributed by atoms with Gasteiger partial charge in [0.1, 0.15) is 5.69 Å². The van der Waals surface area contributed by atoms with Gasteiger partial charge in [0, 0.05) is 12.1 Å². The van der Waals surface area contributed by atoms with E-state index in [1.165, 1.54) is 12.8 Å². The number of hydrogen-bond donors (Lipinski definition) is 1. The van der Waals surface area contributed by atoms with Crippen molar-refractivity contribution in [3.8, 4) is 5.75 Å². The number of nitrogens with zero attached hydrogens (tertiary/aromatic N) is 2. The Morgan fingerprint density at radius 3 is 2.94 bits per heavy atom. The van der Waals surface area contributed by atoms with E-state index in [2.05, 4.69) is 36.4 Å². The van der Waals surface area contributed by atoms with Crippen molar-refractivity contribution in [2.24, 2.45) is 0 Å². The van der Waals surface area contributed by atoms with Gasteiger partial charge in [0.25, 0.3) is 0 Å². The molecule has 1 heterocycles. The molecular weight excluding hydrogens is 226 g/mol. The van der Waals surface area contributed by atoms with Crippen LogP contribution in [0, 0.1) is 0 Å². The van der Waals surface area contributed by atoms with Crippen LogP contribution in [0.5, 0.6) is 5.75 Å². The van der Waals surface area contributed by atoms with Crippen LogP contribution >= 0.6 is 0 Å². The van der Waals surface area contributed by atoms with Gasteiger partial charge in [-0.25, -0.2) is 0 Å². The summed E-state index contributed by atoms with van der Waals surface area (Å²) in [6, 6.07) is 1.13. The average Bonchev–Trinajstić information content (AvgIpc) is 3.07. The summed E-state index contributed by atoms with van der Waals surface area (Å²) in [5, 5.41) is 7.85. The second-order valence-corrected chi connectivity index (χ2v) is 5.06. The van der Waals surface area contributed by atoms with Gasteiger partial charge in [-0.3, -0.25) is 4.68 Å². The molecule has 0 aliphatic heterocycles. The zero-order chi connectivity index (χ0) is 13.0. The monoisotopic (exact) mass is 249 g/mol. The second kappa shape index (κ2) is 6.05. The standard InChI is InChI=1S/C14H23N3O/c1-11(2)17-13(14(18-3)10-16-17)6-4-5-9-15-12-7-8-12/h4,6,10-12,15H,5,7-9H2,1-3H3/b6-4+. The third kappa shape index (κ3) is 3.35. The highest BCUT2D eigenvalue weighted by molar-refractivity contribution is 5.53. The van der Waals surface area contributed by atoms with Gasteiger partial charge in [-0.05, 0) is 45.7 Å². The van der Waals surface area contributed by atoms with E-state index in [1.54, 1.807) is 13.3 Å². The van der Waals surface area contributed by atoms with E-state index in [1.807, 2.05) is 4.68 Å². The Bertz CT molecular complexity index is 405. The molecule has 2 rings (SSSR count). The lowest BCUT2D eigenvalue weighted by atomic mass is 10.3. The lowest BCUT2D eigenvalue weighted by Gasteiger charge is -2.09. The third-order valence-electron chi connectivity index (χ3n) is 3.10. The molecule has 0 saturated heterocycles. The minimum atomic E-state index is 0.345. The summed E-state index contributed by atoms with van der Waals surface area (Å²) in [5.41, 5.74) is 1.05. The molecule has 1 aromatic rings. The minimum absolute atomic E-state index is 0.345. The molecule has 1 aliphatic carbocycles. The first-order chi connectivity index (χ1) is 8.72. The van der Waals surface area contributed by atoms with Gasteiger partial charge in [0.15, 0.2) is 5.75 Å². The van der Waals surface area contributed by atoms with Crippen molar-refractivity contribution in [1.82, 2.24) is 15.1 Å². The van der Waals surface area contributed by atoms with Crippen LogP contribution in [0.4, 0.5) is 0 Å². The summed E-state index contributed by atoms with van der Waals surface area (Å²) in [5.74, 6) is 0.843. The molecule has 1 aromatic heterocycles. The van der Waals surface area contributed by atoms with Gasteiger partial charge in [-0.1, -0.05) is 6.08 Å². The van der Waals surface area contributed by atoms with Crippen LogP contribution in [-0.4, -0.2) is 29.5 Å². The molecule has 18 heavy (non-hydrogen) atoms. The smallest absolute Gasteiger partial charge is 0.164 e. The summed E-state index contributed by atoms with van der Waals surface area (Å²) in [6.07, 6.45) is 9.81. The van der Waals surface area contributed by atoms with Crippen molar-refractivity contribution < 1.29 is 4.74 Å². The molecular formula is C14H23N3O. The van der Waals surface area contributed by atoms with E-state index >= 15 is 0 Å². The maximum atomic E-state index is 5.33. The largest absolute Gasteiger partial charge is 0.493 e. The Morgan fingerprint density at radius 2 is 2.33 bits per heavy atom. The Morgan fingerprint density at radius 1 is 1.56 bits per heavy atom. The summed E-state index contributed by atoms with van der Waals surface area (Å²) in [7, 11) is 1.69. The highest BCUT2D eigenvalue weighted by Gasteiger charge is 2.19. The SMILES string of the molecule is COc1cnn(C(C)C)c1/C=C/CCNC1CC1. The van der Waals surface area contributed by atoms with Gasteiger partial charge in [-0.2, -0.15) is 5.10 Å². The van der Waals surface area contributed by atoms with Crippen LogP contribution in [0.2, 0.25) is 0 Å². The fourth-order valence-corrected chi connectivity index (χ4v) is 1.94. The lowest BCUT2D eigenvalue weighted by molar-refractivity contribution is 0.411. The van der Waals surface area contributed by atoms with E-state index in [0.717, 1.165) is 30.5 Å². The van der Waals surface area contributed by atoms with E-state index in [9.17, 15) is 0 Å². The highest BCUT2D eigenvalue weighted by atomic mass is 16.5. The van der Waals surface area contributed by atoms with Gasteiger partial charge in [0.05, 0.1) is 13.3 Å². The maximum absolute atomic E-state index is 5.33. The molecule has 1 fully saturated rings. The van der Waals surface area contributed by atoms with Gasteiger partial charge < -0.3 is 10.1 Å². The van der Waals surface area contributed by atoms with Gasteiger partial charge >= 0.3 is 0 Å². The number of methoxy groups -OCH3 is 1. The Kier molecular flexibility index (Phi) is 4.42. The van der Waals surface area contributed by atoms with Crippen molar-refractivity contribution in [1.29, 1.82) is 0 Å². The summed E-state index contributed by atoms with van der Waals surface area (Å²) in [6.45, 7) is 5.30. The number of nitrogens with one attached hydrogen (secondary N) is 1. The predicted molar refractivity (Wildman–Crippen MR) is 73.8 cm³/mol. The molecule has 0 bridgehead atoms. The quantitative estimate of drug-likeness (QED) is 0.755. The third-order valence-corrected chi connectivity index (χ3v) is 3.10. The molecule has 4 nitrogen and oxygen atoms in total. The van der Waals surface area contributed by atoms with Crippen LogP contribution in [0.15, 0.2) is 12.3 Å². The van der Waals surface area contributed by atoms with Crippen LogP contribution in [0.25, 0.3) is 6.08 Å². The van der Waals surface area contributed by atoms with E-state index in [-0.39, 0.29) is 0 Å². The molecule has 1 aliphatic rings.